The lowest BCUT2D eigenvalue weighted by atomic mass is 10.3. The molecule has 0 bridgehead atoms. The Labute approximate surface area is 107 Å². The van der Waals surface area contributed by atoms with Crippen molar-refractivity contribution < 1.29 is 19.0 Å². The van der Waals surface area contributed by atoms with Crippen molar-refractivity contribution >= 4 is 5.97 Å². The standard InChI is InChI=1S/C14H18O4/c1-3-10-17-14(15)13(16-4-2)11-18-12-8-6-5-7-9-12/h5-9,11H,3-4,10H2,1-2H3/b13-11-. The second-order valence-corrected chi connectivity index (χ2v) is 3.48. The SMILES string of the molecule is CCCOC(=O)/C(=C/Oc1ccccc1)OCC. The molecular weight excluding hydrogens is 232 g/mol. The Bertz CT molecular complexity index is 384. The number of ether oxygens (including phenoxy) is 3. The normalized spacial score (nSPS) is 10.9. The number of rotatable bonds is 7. The van der Waals surface area contributed by atoms with Gasteiger partial charge in [0, 0.05) is 0 Å². The van der Waals surface area contributed by atoms with Gasteiger partial charge in [0.25, 0.3) is 0 Å². The highest BCUT2D eigenvalue weighted by atomic mass is 16.6. The van der Waals surface area contributed by atoms with E-state index in [1.807, 2.05) is 25.1 Å². The molecule has 0 fully saturated rings. The van der Waals surface area contributed by atoms with Crippen LogP contribution in [0.5, 0.6) is 5.75 Å². The van der Waals surface area contributed by atoms with Crippen LogP contribution < -0.4 is 4.74 Å². The maximum atomic E-state index is 11.6. The first-order valence-corrected chi connectivity index (χ1v) is 5.99. The first kappa shape index (κ1) is 14.1. The van der Waals surface area contributed by atoms with E-state index in [0.717, 1.165) is 6.42 Å². The number of hydrogen-bond donors (Lipinski definition) is 0. The van der Waals surface area contributed by atoms with Crippen molar-refractivity contribution in [2.75, 3.05) is 13.2 Å². The molecule has 0 atom stereocenters. The minimum atomic E-state index is -0.505. The van der Waals surface area contributed by atoms with Gasteiger partial charge >= 0.3 is 5.97 Å². The van der Waals surface area contributed by atoms with E-state index in [-0.39, 0.29) is 5.76 Å². The maximum Gasteiger partial charge on any atom is 0.376 e. The predicted molar refractivity (Wildman–Crippen MR) is 68.0 cm³/mol. The molecule has 0 aliphatic carbocycles. The molecule has 4 heteroatoms. The molecule has 4 nitrogen and oxygen atoms in total. The zero-order chi connectivity index (χ0) is 13.2. The summed E-state index contributed by atoms with van der Waals surface area (Å²) in [5, 5.41) is 0. The third-order valence-corrected chi connectivity index (χ3v) is 1.98. The second-order valence-electron chi connectivity index (χ2n) is 3.48. The van der Waals surface area contributed by atoms with Crippen molar-refractivity contribution in [2.45, 2.75) is 20.3 Å². The Morgan fingerprint density at radius 2 is 1.89 bits per heavy atom. The van der Waals surface area contributed by atoms with Crippen LogP contribution in [0, 0.1) is 0 Å². The number of benzene rings is 1. The highest BCUT2D eigenvalue weighted by Crippen LogP contribution is 2.11. The molecule has 1 aromatic carbocycles. The molecule has 18 heavy (non-hydrogen) atoms. The summed E-state index contributed by atoms with van der Waals surface area (Å²) in [7, 11) is 0. The molecule has 0 unspecified atom stereocenters. The highest BCUT2D eigenvalue weighted by Gasteiger charge is 2.12. The van der Waals surface area contributed by atoms with Crippen LogP contribution >= 0.6 is 0 Å². The quantitative estimate of drug-likeness (QED) is 0.424. The summed E-state index contributed by atoms with van der Waals surface area (Å²) in [4.78, 5) is 11.6. The summed E-state index contributed by atoms with van der Waals surface area (Å²) in [5.74, 6) is 0.211. The minimum absolute atomic E-state index is 0.0785. The van der Waals surface area contributed by atoms with Gasteiger partial charge < -0.3 is 14.2 Å². The summed E-state index contributed by atoms with van der Waals surface area (Å²) in [6.45, 7) is 4.47. The number of esters is 1. The monoisotopic (exact) mass is 250 g/mol. The van der Waals surface area contributed by atoms with E-state index in [2.05, 4.69) is 0 Å². The Balaban J connectivity index is 2.63. The lowest BCUT2D eigenvalue weighted by Gasteiger charge is -2.08. The average Bonchev–Trinajstić information content (AvgIpc) is 2.42. The van der Waals surface area contributed by atoms with Crippen LogP contribution in [-0.2, 0) is 14.3 Å². The largest absolute Gasteiger partial charge is 0.485 e. The predicted octanol–water partition coefficient (Wildman–Crippen LogP) is 2.90. The van der Waals surface area contributed by atoms with Gasteiger partial charge in [0.2, 0.25) is 5.76 Å². The van der Waals surface area contributed by atoms with Crippen LogP contribution in [0.2, 0.25) is 0 Å². The molecule has 0 amide bonds. The summed E-state index contributed by atoms with van der Waals surface area (Å²) in [6.07, 6.45) is 2.04. The molecule has 0 N–H and O–H groups in total. The van der Waals surface area contributed by atoms with Crippen LogP contribution in [0.25, 0.3) is 0 Å². The molecule has 0 saturated carbocycles. The van der Waals surface area contributed by atoms with Crippen LogP contribution in [-0.4, -0.2) is 19.2 Å². The molecule has 0 radical (unpaired) electrons. The third kappa shape index (κ3) is 4.91. The Morgan fingerprint density at radius 1 is 1.17 bits per heavy atom. The number of carbonyl (C=O) groups is 1. The van der Waals surface area contributed by atoms with E-state index in [1.54, 1.807) is 19.1 Å². The first-order chi connectivity index (χ1) is 8.77. The van der Waals surface area contributed by atoms with Crippen LogP contribution in [0.4, 0.5) is 0 Å². The van der Waals surface area contributed by atoms with Gasteiger partial charge in [0.1, 0.15) is 12.0 Å². The fraction of sp³-hybridized carbons (Fsp3) is 0.357. The fourth-order valence-corrected chi connectivity index (χ4v) is 1.18. The van der Waals surface area contributed by atoms with Crippen LogP contribution in [0.3, 0.4) is 0 Å². The lowest BCUT2D eigenvalue weighted by Crippen LogP contribution is -2.12. The summed E-state index contributed by atoms with van der Waals surface area (Å²) >= 11 is 0. The van der Waals surface area contributed by atoms with E-state index in [0.29, 0.717) is 19.0 Å². The van der Waals surface area contributed by atoms with Gasteiger partial charge in [-0.1, -0.05) is 25.1 Å². The summed E-state index contributed by atoms with van der Waals surface area (Å²) < 4.78 is 15.5. The zero-order valence-corrected chi connectivity index (χ0v) is 10.7. The Kier molecular flexibility index (Phi) is 6.40. The first-order valence-electron chi connectivity index (χ1n) is 5.99. The van der Waals surface area contributed by atoms with Crippen molar-refractivity contribution in [2.24, 2.45) is 0 Å². The summed E-state index contributed by atoms with van der Waals surface area (Å²) in [5.41, 5.74) is 0. The molecule has 1 aromatic rings. The van der Waals surface area contributed by atoms with Gasteiger partial charge in [0.05, 0.1) is 13.2 Å². The molecule has 98 valence electrons. The van der Waals surface area contributed by atoms with E-state index < -0.39 is 5.97 Å². The third-order valence-electron chi connectivity index (χ3n) is 1.98. The Morgan fingerprint density at radius 3 is 2.50 bits per heavy atom. The smallest absolute Gasteiger partial charge is 0.376 e. The highest BCUT2D eigenvalue weighted by molar-refractivity contribution is 5.85. The molecular formula is C14H18O4. The van der Waals surface area contributed by atoms with Gasteiger partial charge in [-0.05, 0) is 25.5 Å². The van der Waals surface area contributed by atoms with Crippen molar-refractivity contribution in [1.82, 2.24) is 0 Å². The van der Waals surface area contributed by atoms with Crippen molar-refractivity contribution in [3.63, 3.8) is 0 Å². The molecule has 0 aliphatic heterocycles. The lowest BCUT2D eigenvalue weighted by molar-refractivity contribution is -0.143. The van der Waals surface area contributed by atoms with Crippen molar-refractivity contribution in [1.29, 1.82) is 0 Å². The minimum Gasteiger partial charge on any atom is -0.485 e. The van der Waals surface area contributed by atoms with Gasteiger partial charge in [-0.15, -0.1) is 0 Å². The Hall–Kier alpha value is -1.97. The maximum absolute atomic E-state index is 11.6. The number of hydrogen-bond acceptors (Lipinski definition) is 4. The zero-order valence-electron chi connectivity index (χ0n) is 10.7. The van der Waals surface area contributed by atoms with E-state index in [1.165, 1.54) is 6.26 Å². The molecule has 0 heterocycles. The van der Waals surface area contributed by atoms with E-state index in [9.17, 15) is 4.79 Å². The van der Waals surface area contributed by atoms with Gasteiger partial charge in [-0.3, -0.25) is 0 Å². The van der Waals surface area contributed by atoms with Crippen molar-refractivity contribution in [3.8, 4) is 5.75 Å². The fourth-order valence-electron chi connectivity index (χ4n) is 1.18. The summed E-state index contributed by atoms with van der Waals surface area (Å²) in [6, 6.07) is 9.16. The van der Waals surface area contributed by atoms with E-state index in [4.69, 9.17) is 14.2 Å². The molecule has 0 aliphatic rings. The van der Waals surface area contributed by atoms with E-state index >= 15 is 0 Å². The van der Waals surface area contributed by atoms with Crippen LogP contribution in [0.1, 0.15) is 20.3 Å². The molecule has 0 spiro atoms. The number of para-hydroxylation sites is 1. The van der Waals surface area contributed by atoms with Gasteiger partial charge in [-0.2, -0.15) is 0 Å². The second kappa shape index (κ2) is 8.17. The van der Waals surface area contributed by atoms with Gasteiger partial charge in [-0.25, -0.2) is 4.79 Å². The van der Waals surface area contributed by atoms with Gasteiger partial charge in [0.15, 0.2) is 0 Å². The average molecular weight is 250 g/mol. The molecule has 1 rings (SSSR count). The number of carbonyl (C=O) groups excluding carboxylic acids is 1. The molecule has 0 aromatic heterocycles. The molecule has 0 saturated heterocycles. The van der Waals surface area contributed by atoms with Crippen molar-refractivity contribution in [3.05, 3.63) is 42.4 Å². The topological polar surface area (TPSA) is 44.8 Å². The van der Waals surface area contributed by atoms with Crippen LogP contribution in [0.15, 0.2) is 42.4 Å².